The van der Waals surface area contributed by atoms with Crippen LogP contribution < -0.4 is 11.2 Å². The van der Waals surface area contributed by atoms with E-state index in [0.29, 0.717) is 12.3 Å². The lowest BCUT2D eigenvalue weighted by molar-refractivity contribution is 0.301. The molecule has 2 atom stereocenters. The van der Waals surface area contributed by atoms with Gasteiger partial charge in [0.15, 0.2) is 5.84 Å². The predicted molar refractivity (Wildman–Crippen MR) is 46.8 cm³/mol. The zero-order valence-electron chi connectivity index (χ0n) is 6.56. The van der Waals surface area contributed by atoms with Crippen LogP contribution in [0.3, 0.4) is 0 Å². The Balaban J connectivity index is 2.47. The lowest BCUT2D eigenvalue weighted by Crippen LogP contribution is -2.37. The number of hydroxylamine groups is 1. The predicted octanol–water partition coefficient (Wildman–Crippen LogP) is -1.08. The summed E-state index contributed by atoms with van der Waals surface area (Å²) in [5.74, 6) is 0.397. The van der Waals surface area contributed by atoms with Gasteiger partial charge in [-0.1, -0.05) is 0 Å². The summed E-state index contributed by atoms with van der Waals surface area (Å²) < 4.78 is 18.7. The molecule has 1 heterocycles. The summed E-state index contributed by atoms with van der Waals surface area (Å²) in [6, 6.07) is -0.333. The van der Waals surface area contributed by atoms with Crippen molar-refractivity contribution < 1.29 is 8.49 Å². The molecule has 2 unspecified atom stereocenters. The Hall–Kier alpha value is -0.790. The van der Waals surface area contributed by atoms with Crippen molar-refractivity contribution >= 4 is 23.3 Å². The Bertz CT molecular complexity index is 240. The highest BCUT2D eigenvalue weighted by Gasteiger charge is 2.18. The van der Waals surface area contributed by atoms with Gasteiger partial charge in [0.2, 0.25) is 0 Å². The Morgan fingerprint density at radius 2 is 2.75 bits per heavy atom. The zero-order valence-corrected chi connectivity index (χ0v) is 7.37. The fourth-order valence-corrected chi connectivity index (χ4v) is 1.20. The highest BCUT2D eigenvalue weighted by Crippen LogP contribution is 1.99. The second-order valence-electron chi connectivity index (χ2n) is 2.16. The number of nitrogens with zero attached hydrogens (tertiary/aromatic N) is 2. The van der Waals surface area contributed by atoms with Crippen molar-refractivity contribution in [1.29, 1.82) is 0 Å². The second-order valence-corrected chi connectivity index (χ2v) is 2.95. The molecule has 6 nitrogen and oxygen atoms in total. The van der Waals surface area contributed by atoms with Crippen LogP contribution in [-0.2, 0) is 15.6 Å². The quantitative estimate of drug-likeness (QED) is 0.554. The molecule has 0 bridgehead atoms. The first kappa shape index (κ1) is 9.30. The monoisotopic (exact) mass is 190 g/mol. The molecule has 0 saturated heterocycles. The summed E-state index contributed by atoms with van der Waals surface area (Å²) in [6.45, 7) is 0. The number of hydrogen-bond donors (Lipinski definition) is 2. The molecule has 7 heteroatoms. The molecule has 0 saturated carbocycles. The third kappa shape index (κ3) is 2.36. The maximum atomic E-state index is 10.6. The minimum atomic E-state index is -1.63. The van der Waals surface area contributed by atoms with Crippen molar-refractivity contribution in [3.8, 4) is 0 Å². The summed E-state index contributed by atoms with van der Waals surface area (Å²) in [5, 5.41) is 0. The highest BCUT2D eigenvalue weighted by atomic mass is 32.2. The van der Waals surface area contributed by atoms with Gasteiger partial charge >= 0.3 is 11.3 Å². The molecule has 0 aliphatic carbocycles. The van der Waals surface area contributed by atoms with Crippen LogP contribution in [0.2, 0.25) is 0 Å². The van der Waals surface area contributed by atoms with Crippen LogP contribution in [0, 0.1) is 0 Å². The van der Waals surface area contributed by atoms with Crippen LogP contribution in [-0.4, -0.2) is 29.3 Å². The Morgan fingerprint density at radius 3 is 3.25 bits per heavy atom. The molecular formula is C5H10N4O2S. The number of nitrogens with two attached hydrogens (primary N) is 1. The van der Waals surface area contributed by atoms with Gasteiger partial charge in [0, 0.05) is 19.7 Å². The molecule has 0 spiro atoms. The van der Waals surface area contributed by atoms with Gasteiger partial charge in [-0.25, -0.2) is 9.69 Å². The molecule has 68 valence electrons. The molecule has 0 fully saturated rings. The molecule has 1 rings (SSSR count). The van der Waals surface area contributed by atoms with Crippen LogP contribution in [0.5, 0.6) is 0 Å². The van der Waals surface area contributed by atoms with E-state index in [0.717, 1.165) is 0 Å². The van der Waals surface area contributed by atoms with Gasteiger partial charge in [0.25, 0.3) is 0 Å². The molecule has 0 radical (unpaired) electrons. The summed E-state index contributed by atoms with van der Waals surface area (Å²) in [5.41, 5.74) is 8.01. The number of hydrogen-bond acceptors (Lipinski definition) is 5. The Kier molecular flexibility index (Phi) is 3.32. The number of rotatable bonds is 3. The Labute approximate surface area is 72.7 Å². The van der Waals surface area contributed by atoms with Gasteiger partial charge in [0.1, 0.15) is 0 Å². The summed E-state index contributed by atoms with van der Waals surface area (Å²) in [7, 11) is 1.66. The standard InChI is InChI=1S/C5H10N4O2S/c1-7-3-2-4(6)5-8-11-12(10)9-5/h3-4H,2,6H2,1H3,(H,8,9). The van der Waals surface area contributed by atoms with Crippen molar-refractivity contribution in [2.45, 2.75) is 12.5 Å². The molecular weight excluding hydrogens is 180 g/mol. The first-order valence-corrected chi connectivity index (χ1v) is 4.37. The Morgan fingerprint density at radius 1 is 2.00 bits per heavy atom. The fraction of sp³-hybridized carbons (Fsp3) is 0.600. The number of aliphatic imine (C=N–C) groups is 1. The van der Waals surface area contributed by atoms with Gasteiger partial charge in [-0.2, -0.15) is 4.28 Å². The van der Waals surface area contributed by atoms with Crippen molar-refractivity contribution in [1.82, 2.24) is 5.48 Å². The summed E-state index contributed by atoms with van der Waals surface area (Å²) in [4.78, 5) is 3.76. The maximum absolute atomic E-state index is 10.6. The largest absolute Gasteiger partial charge is 0.321 e. The lowest BCUT2D eigenvalue weighted by Gasteiger charge is -2.05. The van der Waals surface area contributed by atoms with Crippen molar-refractivity contribution in [3.63, 3.8) is 0 Å². The minimum Gasteiger partial charge on any atom is -0.321 e. The van der Waals surface area contributed by atoms with E-state index in [9.17, 15) is 4.21 Å². The van der Waals surface area contributed by atoms with E-state index in [2.05, 4.69) is 19.2 Å². The SMILES string of the molecule is CN=CCC(N)C1=NS(=O)ON1. The molecule has 12 heavy (non-hydrogen) atoms. The van der Waals surface area contributed by atoms with E-state index in [-0.39, 0.29) is 6.04 Å². The normalized spacial score (nSPS) is 25.5. The van der Waals surface area contributed by atoms with Crippen molar-refractivity contribution in [2.75, 3.05) is 7.05 Å². The summed E-state index contributed by atoms with van der Waals surface area (Å²) in [6.07, 6.45) is 2.21. The third-order valence-corrected chi connectivity index (χ3v) is 1.86. The first-order valence-electron chi connectivity index (χ1n) is 3.34. The minimum absolute atomic E-state index is 0.333. The topological polar surface area (TPSA) is 89.1 Å². The van der Waals surface area contributed by atoms with E-state index in [1.165, 1.54) is 0 Å². The smallest absolute Gasteiger partial charge is 0.309 e. The van der Waals surface area contributed by atoms with Gasteiger partial charge in [-0.3, -0.25) is 0 Å². The zero-order chi connectivity index (χ0) is 8.97. The summed E-state index contributed by atoms with van der Waals surface area (Å²) >= 11 is -1.63. The number of nitrogens with one attached hydrogen (secondary N) is 1. The lowest BCUT2D eigenvalue weighted by atomic mass is 10.2. The first-order chi connectivity index (χ1) is 5.74. The molecule has 0 aromatic heterocycles. The van der Waals surface area contributed by atoms with E-state index in [1.54, 1.807) is 13.3 Å². The average molecular weight is 190 g/mol. The van der Waals surface area contributed by atoms with Crippen molar-refractivity contribution in [3.05, 3.63) is 0 Å². The highest BCUT2D eigenvalue weighted by molar-refractivity contribution is 7.79. The van der Waals surface area contributed by atoms with E-state index in [1.807, 2.05) is 0 Å². The van der Waals surface area contributed by atoms with Crippen LogP contribution in [0.4, 0.5) is 0 Å². The molecule has 0 aromatic carbocycles. The van der Waals surface area contributed by atoms with Crippen molar-refractivity contribution in [2.24, 2.45) is 15.1 Å². The fourth-order valence-electron chi connectivity index (χ4n) is 0.670. The number of amidine groups is 1. The van der Waals surface area contributed by atoms with Crippen LogP contribution in [0.1, 0.15) is 6.42 Å². The van der Waals surface area contributed by atoms with Crippen LogP contribution >= 0.6 is 0 Å². The third-order valence-electron chi connectivity index (χ3n) is 1.28. The van der Waals surface area contributed by atoms with Gasteiger partial charge in [-0.15, -0.1) is 4.40 Å². The van der Waals surface area contributed by atoms with Gasteiger partial charge in [0.05, 0.1) is 6.04 Å². The molecule has 1 aliphatic rings. The van der Waals surface area contributed by atoms with Crippen LogP contribution in [0.15, 0.2) is 9.39 Å². The molecule has 0 amide bonds. The van der Waals surface area contributed by atoms with E-state index >= 15 is 0 Å². The van der Waals surface area contributed by atoms with Crippen LogP contribution in [0.25, 0.3) is 0 Å². The molecule has 0 aromatic rings. The van der Waals surface area contributed by atoms with Gasteiger partial charge < -0.3 is 10.7 Å². The maximum Gasteiger partial charge on any atom is 0.309 e. The average Bonchev–Trinajstić information content (AvgIpc) is 2.47. The molecule has 1 aliphatic heterocycles. The van der Waals surface area contributed by atoms with E-state index in [4.69, 9.17) is 5.73 Å². The van der Waals surface area contributed by atoms with E-state index < -0.39 is 11.3 Å². The molecule has 3 N–H and O–H groups in total. The van der Waals surface area contributed by atoms with Gasteiger partial charge in [-0.05, 0) is 0 Å². The second kappa shape index (κ2) is 4.29.